The van der Waals surface area contributed by atoms with E-state index in [1.165, 1.54) is 0 Å². The van der Waals surface area contributed by atoms with Gasteiger partial charge in [0.1, 0.15) is 24.6 Å². The standard InChI is InChI=1S/C9H18NO10P/c1-4(9(14)15)20-8(5(10)2-11)7(13)6(12)3-19-21(16,17)18/h2,4-8,12-13H,3,10H2,1H3,(H,14,15)(H2,16,17,18)/t4-,5+,6-,7-,8-/m1/s1. The number of rotatable bonds is 10. The first kappa shape index (κ1) is 20.1. The van der Waals surface area contributed by atoms with Crippen LogP contribution >= 0.6 is 7.82 Å². The van der Waals surface area contributed by atoms with Crippen LogP contribution in [0.5, 0.6) is 0 Å². The van der Waals surface area contributed by atoms with Crippen LogP contribution in [0, 0.1) is 0 Å². The Morgan fingerprint density at radius 1 is 1.38 bits per heavy atom. The Bertz CT molecular complexity index is 398. The summed E-state index contributed by atoms with van der Waals surface area (Å²) >= 11 is 0. The van der Waals surface area contributed by atoms with Crippen LogP contribution in [0.2, 0.25) is 0 Å². The Labute approximate surface area is 119 Å². The van der Waals surface area contributed by atoms with Crippen molar-refractivity contribution in [1.29, 1.82) is 0 Å². The van der Waals surface area contributed by atoms with Crippen LogP contribution in [0.15, 0.2) is 0 Å². The molecule has 0 aliphatic heterocycles. The predicted octanol–water partition coefficient (Wildman–Crippen LogP) is -2.80. The number of phosphoric acid groups is 1. The topological polar surface area (TPSA) is 197 Å². The molecule has 7 N–H and O–H groups in total. The summed E-state index contributed by atoms with van der Waals surface area (Å²) in [6, 6.07) is -1.47. The number of aliphatic hydroxyl groups is 2. The largest absolute Gasteiger partial charge is 0.479 e. The van der Waals surface area contributed by atoms with Gasteiger partial charge in [-0.2, -0.15) is 0 Å². The monoisotopic (exact) mass is 331 g/mol. The second-order valence-electron chi connectivity index (χ2n) is 4.14. The number of aliphatic hydroxyl groups excluding tert-OH is 2. The number of ether oxygens (including phenoxy) is 1. The van der Waals surface area contributed by atoms with Crippen molar-refractivity contribution in [2.45, 2.75) is 37.4 Å². The smallest absolute Gasteiger partial charge is 0.469 e. The lowest BCUT2D eigenvalue weighted by Gasteiger charge is -2.30. The molecule has 0 aliphatic rings. The molecule has 12 heteroatoms. The second kappa shape index (κ2) is 8.51. The summed E-state index contributed by atoms with van der Waals surface area (Å²) < 4.78 is 19.3. The van der Waals surface area contributed by atoms with Crippen molar-refractivity contribution in [2.75, 3.05) is 6.61 Å². The number of nitrogens with two attached hydrogens (primary N) is 1. The van der Waals surface area contributed by atoms with Crippen LogP contribution in [-0.2, 0) is 23.4 Å². The molecule has 11 nitrogen and oxygen atoms in total. The van der Waals surface area contributed by atoms with Crippen molar-refractivity contribution < 1.29 is 48.5 Å². The van der Waals surface area contributed by atoms with Crippen LogP contribution in [0.25, 0.3) is 0 Å². The summed E-state index contributed by atoms with van der Waals surface area (Å²) in [5.41, 5.74) is 5.33. The lowest BCUT2D eigenvalue weighted by molar-refractivity contribution is -0.166. The number of aldehydes is 1. The minimum Gasteiger partial charge on any atom is -0.479 e. The number of carbonyl (C=O) groups excluding carboxylic acids is 1. The van der Waals surface area contributed by atoms with E-state index in [1.807, 2.05) is 0 Å². The molecule has 0 aromatic carbocycles. The lowest BCUT2D eigenvalue weighted by Crippen LogP contribution is -2.53. The zero-order chi connectivity index (χ0) is 16.8. The number of phosphoric ester groups is 1. The van der Waals surface area contributed by atoms with E-state index in [0.717, 1.165) is 6.92 Å². The van der Waals surface area contributed by atoms with Crippen LogP contribution in [-0.4, -0.2) is 74.4 Å². The maximum Gasteiger partial charge on any atom is 0.469 e. The van der Waals surface area contributed by atoms with E-state index in [9.17, 15) is 24.4 Å². The molecule has 5 atom stereocenters. The summed E-state index contributed by atoms with van der Waals surface area (Å²) in [6.45, 7) is 0.135. The van der Waals surface area contributed by atoms with Crippen LogP contribution in [0.1, 0.15) is 6.92 Å². The van der Waals surface area contributed by atoms with Gasteiger partial charge in [0.25, 0.3) is 0 Å². The van der Waals surface area contributed by atoms with Gasteiger partial charge in [-0.25, -0.2) is 9.36 Å². The molecule has 124 valence electrons. The molecule has 0 aromatic rings. The summed E-state index contributed by atoms with van der Waals surface area (Å²) in [6.07, 6.45) is -6.65. The van der Waals surface area contributed by atoms with Crippen LogP contribution < -0.4 is 5.73 Å². The van der Waals surface area contributed by atoms with Crippen molar-refractivity contribution in [2.24, 2.45) is 5.73 Å². The number of carboxylic acid groups (broad SMARTS) is 1. The predicted molar refractivity (Wildman–Crippen MR) is 66.0 cm³/mol. The first-order chi connectivity index (χ1) is 9.49. The van der Waals surface area contributed by atoms with E-state index in [2.05, 4.69) is 4.52 Å². The van der Waals surface area contributed by atoms with E-state index in [4.69, 9.17) is 25.4 Å². The highest BCUT2D eigenvalue weighted by molar-refractivity contribution is 7.46. The summed E-state index contributed by atoms with van der Waals surface area (Å²) in [5, 5.41) is 28.0. The summed E-state index contributed by atoms with van der Waals surface area (Å²) in [7, 11) is -4.87. The maximum absolute atomic E-state index is 10.7. The second-order valence-corrected chi connectivity index (χ2v) is 5.38. The Balaban J connectivity index is 4.85. The minimum absolute atomic E-state index is 0.166. The third kappa shape index (κ3) is 7.60. The highest BCUT2D eigenvalue weighted by atomic mass is 31.2. The molecule has 0 amide bonds. The molecule has 0 aromatic heterocycles. The average Bonchev–Trinajstić information content (AvgIpc) is 2.39. The molecule has 0 heterocycles. The molecule has 0 spiro atoms. The van der Waals surface area contributed by atoms with Gasteiger partial charge >= 0.3 is 13.8 Å². The van der Waals surface area contributed by atoms with Crippen molar-refractivity contribution in [3.8, 4) is 0 Å². The molecule has 0 fully saturated rings. The van der Waals surface area contributed by atoms with Gasteiger partial charge < -0.3 is 40.4 Å². The van der Waals surface area contributed by atoms with E-state index in [0.29, 0.717) is 0 Å². The number of hydrogen-bond acceptors (Lipinski definition) is 8. The van der Waals surface area contributed by atoms with Gasteiger partial charge in [0, 0.05) is 0 Å². The fourth-order valence-corrected chi connectivity index (χ4v) is 1.61. The van der Waals surface area contributed by atoms with Gasteiger partial charge in [-0.3, -0.25) is 4.52 Å². The van der Waals surface area contributed by atoms with Gasteiger partial charge in [0.05, 0.1) is 12.6 Å². The van der Waals surface area contributed by atoms with Gasteiger partial charge in [0.15, 0.2) is 6.10 Å². The number of aliphatic carboxylic acids is 1. The van der Waals surface area contributed by atoms with Gasteiger partial charge in [0.2, 0.25) is 0 Å². The average molecular weight is 331 g/mol. The first-order valence-corrected chi connectivity index (χ1v) is 7.18. The Kier molecular flexibility index (Phi) is 8.14. The van der Waals surface area contributed by atoms with Crippen molar-refractivity contribution in [3.05, 3.63) is 0 Å². The highest BCUT2D eigenvalue weighted by Gasteiger charge is 2.35. The zero-order valence-electron chi connectivity index (χ0n) is 11.0. The quantitative estimate of drug-likeness (QED) is 0.178. The van der Waals surface area contributed by atoms with Crippen molar-refractivity contribution >= 4 is 20.1 Å². The van der Waals surface area contributed by atoms with Crippen molar-refractivity contribution in [3.63, 3.8) is 0 Å². The van der Waals surface area contributed by atoms with E-state index < -0.39 is 50.9 Å². The van der Waals surface area contributed by atoms with E-state index >= 15 is 0 Å². The molecule has 0 bridgehead atoms. The third-order valence-electron chi connectivity index (χ3n) is 2.39. The van der Waals surface area contributed by atoms with Gasteiger partial charge in [-0.15, -0.1) is 0 Å². The number of carbonyl (C=O) groups is 2. The van der Waals surface area contributed by atoms with Crippen LogP contribution in [0.4, 0.5) is 0 Å². The normalized spacial score (nSPS) is 19.3. The molecule has 0 rings (SSSR count). The zero-order valence-corrected chi connectivity index (χ0v) is 11.9. The summed E-state index contributed by atoms with van der Waals surface area (Å²) in [4.78, 5) is 38.2. The third-order valence-corrected chi connectivity index (χ3v) is 2.88. The first-order valence-electron chi connectivity index (χ1n) is 5.65. The summed E-state index contributed by atoms with van der Waals surface area (Å²) in [5.74, 6) is -1.40. The molecule has 0 aliphatic carbocycles. The molecule has 0 radical (unpaired) electrons. The molecule has 0 saturated carbocycles. The minimum atomic E-state index is -4.87. The van der Waals surface area contributed by atoms with Crippen molar-refractivity contribution in [1.82, 2.24) is 0 Å². The van der Waals surface area contributed by atoms with Gasteiger partial charge in [-0.1, -0.05) is 0 Å². The fourth-order valence-electron chi connectivity index (χ4n) is 1.26. The highest BCUT2D eigenvalue weighted by Crippen LogP contribution is 2.35. The van der Waals surface area contributed by atoms with Gasteiger partial charge in [-0.05, 0) is 6.92 Å². The van der Waals surface area contributed by atoms with E-state index in [1.54, 1.807) is 0 Å². The fraction of sp³-hybridized carbons (Fsp3) is 0.778. The number of carboxylic acids is 1. The SMILES string of the molecule is C[C@@H](O[C@@H]([C@H](O)[C@H](O)COP(=O)(O)O)[C@@H](N)C=O)C(=O)O. The van der Waals surface area contributed by atoms with Crippen LogP contribution in [0.3, 0.4) is 0 Å². The van der Waals surface area contributed by atoms with E-state index in [-0.39, 0.29) is 6.29 Å². The molecular weight excluding hydrogens is 313 g/mol. The Hall–Kier alpha value is -0.910. The maximum atomic E-state index is 10.7. The number of hydrogen-bond donors (Lipinski definition) is 6. The molecule has 0 saturated heterocycles. The molecule has 0 unspecified atom stereocenters. The molecule has 21 heavy (non-hydrogen) atoms. The lowest BCUT2D eigenvalue weighted by atomic mass is 10.0. The Morgan fingerprint density at radius 2 is 1.90 bits per heavy atom. The molecular formula is C9H18NO10P. The Morgan fingerprint density at radius 3 is 2.29 bits per heavy atom.